The molecule has 1 atom stereocenters. The van der Waals surface area contributed by atoms with E-state index in [1.807, 2.05) is 40.0 Å². The van der Waals surface area contributed by atoms with E-state index in [0.717, 1.165) is 62.7 Å². The molecule has 0 saturated carbocycles. The predicted molar refractivity (Wildman–Crippen MR) is 124 cm³/mol. The molecule has 32 heavy (non-hydrogen) atoms. The highest BCUT2D eigenvalue weighted by Crippen LogP contribution is 2.38. The Bertz CT molecular complexity index is 943. The van der Waals surface area contributed by atoms with Gasteiger partial charge in [-0.15, -0.1) is 11.3 Å². The van der Waals surface area contributed by atoms with Crippen LogP contribution < -0.4 is 4.90 Å². The molecular formula is C24H33F3N2O2S. The second kappa shape index (κ2) is 9.21. The SMILES string of the molecule is CCC(C)(CCN1CCN(c2csc3cc(C(F)(F)F)ccc23)CC1)C(=O)OC(C)(C)C. The highest BCUT2D eigenvalue weighted by atomic mass is 32.1. The van der Waals surface area contributed by atoms with Crippen LogP contribution in [0.15, 0.2) is 23.6 Å². The number of anilines is 1. The van der Waals surface area contributed by atoms with Crippen LogP contribution in [0.4, 0.5) is 18.9 Å². The Labute approximate surface area is 192 Å². The molecule has 1 aliphatic heterocycles. The largest absolute Gasteiger partial charge is 0.460 e. The number of piperazine rings is 1. The molecule has 0 amide bonds. The van der Waals surface area contributed by atoms with Gasteiger partial charge in [0.1, 0.15) is 5.60 Å². The zero-order valence-corrected chi connectivity index (χ0v) is 20.3. The van der Waals surface area contributed by atoms with E-state index in [1.54, 1.807) is 6.07 Å². The maximum atomic E-state index is 13.0. The molecule has 1 saturated heterocycles. The number of fused-ring (bicyclic) bond motifs is 1. The lowest BCUT2D eigenvalue weighted by molar-refractivity contribution is -0.167. The van der Waals surface area contributed by atoms with Crippen molar-refractivity contribution in [1.82, 2.24) is 4.90 Å². The van der Waals surface area contributed by atoms with Gasteiger partial charge in [-0.25, -0.2) is 0 Å². The van der Waals surface area contributed by atoms with E-state index < -0.39 is 22.8 Å². The molecule has 0 radical (unpaired) electrons. The number of nitrogens with zero attached hydrogens (tertiary/aromatic N) is 2. The van der Waals surface area contributed by atoms with Crippen LogP contribution in [0.3, 0.4) is 0 Å². The Hall–Kier alpha value is -1.80. The number of esters is 1. The minimum absolute atomic E-state index is 0.144. The van der Waals surface area contributed by atoms with Crippen LogP contribution in [-0.4, -0.2) is 49.2 Å². The summed E-state index contributed by atoms with van der Waals surface area (Å²) in [5.74, 6) is -0.144. The number of benzene rings is 1. The highest BCUT2D eigenvalue weighted by Gasteiger charge is 2.36. The highest BCUT2D eigenvalue weighted by molar-refractivity contribution is 7.17. The van der Waals surface area contributed by atoms with Gasteiger partial charge in [0.05, 0.1) is 16.7 Å². The smallest absolute Gasteiger partial charge is 0.416 e. The monoisotopic (exact) mass is 470 g/mol. The van der Waals surface area contributed by atoms with E-state index in [9.17, 15) is 18.0 Å². The lowest BCUT2D eigenvalue weighted by Crippen LogP contribution is -2.48. The lowest BCUT2D eigenvalue weighted by Gasteiger charge is -2.38. The van der Waals surface area contributed by atoms with E-state index in [0.29, 0.717) is 4.70 Å². The van der Waals surface area contributed by atoms with Crippen LogP contribution >= 0.6 is 11.3 Å². The molecule has 0 aliphatic carbocycles. The summed E-state index contributed by atoms with van der Waals surface area (Å²) >= 11 is 1.36. The van der Waals surface area contributed by atoms with Crippen molar-refractivity contribution in [3.8, 4) is 0 Å². The first kappa shape index (κ1) is 24.8. The summed E-state index contributed by atoms with van der Waals surface area (Å²) in [5, 5.41) is 2.83. The van der Waals surface area contributed by atoms with Crippen LogP contribution in [0.1, 0.15) is 53.0 Å². The molecule has 1 aromatic carbocycles. The molecule has 3 rings (SSSR count). The summed E-state index contributed by atoms with van der Waals surface area (Å²) in [7, 11) is 0. The molecule has 0 N–H and O–H groups in total. The number of rotatable bonds is 6. The minimum atomic E-state index is -4.32. The Kier molecular flexibility index (Phi) is 7.15. The first-order chi connectivity index (χ1) is 14.8. The zero-order valence-electron chi connectivity index (χ0n) is 19.5. The number of halogens is 3. The predicted octanol–water partition coefficient (Wildman–Crippen LogP) is 6.19. The average Bonchev–Trinajstić information content (AvgIpc) is 3.14. The van der Waals surface area contributed by atoms with Crippen molar-refractivity contribution in [3.05, 3.63) is 29.1 Å². The Morgan fingerprint density at radius 1 is 1.09 bits per heavy atom. The van der Waals surface area contributed by atoms with E-state index in [-0.39, 0.29) is 5.97 Å². The van der Waals surface area contributed by atoms with Crippen molar-refractivity contribution in [2.45, 2.75) is 59.2 Å². The van der Waals surface area contributed by atoms with Crippen molar-refractivity contribution < 1.29 is 22.7 Å². The Balaban J connectivity index is 1.59. The van der Waals surface area contributed by atoms with Crippen LogP contribution in [0.25, 0.3) is 10.1 Å². The standard InChI is InChI=1S/C24H33F3N2O2S/c1-6-23(5,21(30)31-22(2,3)4)9-10-28-11-13-29(14-12-28)19-16-32-20-15-17(24(25,26)27)7-8-18(19)20/h7-8,15-16H,6,9-14H2,1-5H3. The summed E-state index contributed by atoms with van der Waals surface area (Å²) < 4.78 is 45.3. The Morgan fingerprint density at radius 3 is 2.31 bits per heavy atom. The van der Waals surface area contributed by atoms with E-state index in [1.165, 1.54) is 17.4 Å². The fourth-order valence-corrected chi connectivity index (χ4v) is 4.89. The molecule has 2 heterocycles. The normalized spacial score (nSPS) is 18.1. The van der Waals surface area contributed by atoms with Crippen LogP contribution in [0.5, 0.6) is 0 Å². The van der Waals surface area contributed by atoms with Crippen molar-refractivity contribution in [1.29, 1.82) is 0 Å². The molecule has 4 nitrogen and oxygen atoms in total. The third-order valence-corrected chi connectivity index (χ3v) is 7.18. The molecule has 1 fully saturated rings. The molecule has 0 bridgehead atoms. The van der Waals surface area contributed by atoms with Crippen molar-refractivity contribution in [2.75, 3.05) is 37.6 Å². The van der Waals surface area contributed by atoms with Crippen LogP contribution in [-0.2, 0) is 15.7 Å². The van der Waals surface area contributed by atoms with Crippen molar-refractivity contribution in [2.24, 2.45) is 5.41 Å². The maximum absolute atomic E-state index is 13.0. The summed E-state index contributed by atoms with van der Waals surface area (Å²) in [6, 6.07) is 3.99. The first-order valence-corrected chi connectivity index (χ1v) is 12.0. The van der Waals surface area contributed by atoms with E-state index in [2.05, 4.69) is 9.80 Å². The molecule has 1 aliphatic rings. The van der Waals surface area contributed by atoms with Gasteiger partial charge in [0.2, 0.25) is 0 Å². The van der Waals surface area contributed by atoms with Crippen LogP contribution in [0.2, 0.25) is 0 Å². The summed E-state index contributed by atoms with van der Waals surface area (Å²) in [4.78, 5) is 17.3. The van der Waals surface area contributed by atoms with Gasteiger partial charge in [0.15, 0.2) is 0 Å². The van der Waals surface area contributed by atoms with Gasteiger partial charge in [0.25, 0.3) is 0 Å². The zero-order chi connectivity index (χ0) is 23.7. The summed E-state index contributed by atoms with van der Waals surface area (Å²) in [6.07, 6.45) is -2.86. The van der Waals surface area contributed by atoms with Gasteiger partial charge in [-0.3, -0.25) is 9.69 Å². The fourth-order valence-electron chi connectivity index (χ4n) is 3.88. The van der Waals surface area contributed by atoms with Crippen molar-refractivity contribution in [3.63, 3.8) is 0 Å². The molecular weight excluding hydrogens is 437 g/mol. The third-order valence-electron chi connectivity index (χ3n) is 6.25. The summed E-state index contributed by atoms with van der Waals surface area (Å²) in [6.45, 7) is 13.8. The molecule has 0 spiro atoms. The number of hydrogen-bond donors (Lipinski definition) is 0. The Morgan fingerprint density at radius 2 is 1.75 bits per heavy atom. The van der Waals surface area contributed by atoms with Crippen molar-refractivity contribution >= 4 is 33.1 Å². The van der Waals surface area contributed by atoms with Gasteiger partial charge >= 0.3 is 12.1 Å². The number of carbonyl (C=O) groups excluding carboxylic acids is 1. The van der Waals surface area contributed by atoms with Gasteiger partial charge in [-0.05, 0) is 59.2 Å². The van der Waals surface area contributed by atoms with Gasteiger partial charge in [-0.2, -0.15) is 13.2 Å². The van der Waals surface area contributed by atoms with Crippen LogP contribution in [0, 0.1) is 5.41 Å². The maximum Gasteiger partial charge on any atom is 0.416 e. The average molecular weight is 471 g/mol. The molecule has 178 valence electrons. The number of hydrogen-bond acceptors (Lipinski definition) is 5. The topological polar surface area (TPSA) is 32.8 Å². The number of thiophene rings is 1. The van der Waals surface area contributed by atoms with Gasteiger partial charge in [-0.1, -0.05) is 13.0 Å². The van der Waals surface area contributed by atoms with Gasteiger partial charge < -0.3 is 9.64 Å². The van der Waals surface area contributed by atoms with E-state index >= 15 is 0 Å². The fraction of sp³-hybridized carbons (Fsp3) is 0.625. The molecule has 8 heteroatoms. The molecule has 1 aromatic heterocycles. The van der Waals surface area contributed by atoms with Gasteiger partial charge in [0, 0.05) is 41.6 Å². The second-order valence-electron chi connectivity index (χ2n) is 9.82. The lowest BCUT2D eigenvalue weighted by atomic mass is 9.83. The molecule has 2 aromatic rings. The minimum Gasteiger partial charge on any atom is -0.460 e. The number of alkyl halides is 3. The number of carbonyl (C=O) groups is 1. The first-order valence-electron chi connectivity index (χ1n) is 11.1. The quantitative estimate of drug-likeness (QED) is 0.471. The molecule has 1 unspecified atom stereocenters. The van der Waals surface area contributed by atoms with E-state index in [4.69, 9.17) is 4.74 Å². The third kappa shape index (κ3) is 5.76. The number of ether oxygens (including phenoxy) is 1. The summed E-state index contributed by atoms with van der Waals surface area (Å²) in [5.41, 5.74) is -0.606. The second-order valence-corrected chi connectivity index (χ2v) is 10.7.